The van der Waals surface area contributed by atoms with Gasteiger partial charge in [-0.05, 0) is 17.7 Å². The summed E-state index contributed by atoms with van der Waals surface area (Å²) in [6.07, 6.45) is 1.76. The molecule has 1 amide bonds. The van der Waals surface area contributed by atoms with E-state index in [1.165, 1.54) is 0 Å². The molecular formula is C15H17N3O2. The topological polar surface area (TPSA) is 67.5 Å². The van der Waals surface area contributed by atoms with Crippen LogP contribution in [-0.4, -0.2) is 17.1 Å². The molecule has 1 aliphatic rings. The van der Waals surface area contributed by atoms with Crippen LogP contribution in [0.1, 0.15) is 44.1 Å². The van der Waals surface area contributed by atoms with E-state index in [2.05, 4.69) is 15.5 Å². The van der Waals surface area contributed by atoms with Gasteiger partial charge in [0.25, 0.3) is 0 Å². The van der Waals surface area contributed by atoms with E-state index in [0.29, 0.717) is 0 Å². The molecule has 0 fully saturated rings. The molecule has 2 aromatic rings. The van der Waals surface area contributed by atoms with E-state index in [-0.39, 0.29) is 23.7 Å². The van der Waals surface area contributed by atoms with Gasteiger partial charge in [0.1, 0.15) is 5.52 Å². The average Bonchev–Trinajstić information content (AvgIpc) is 2.82. The van der Waals surface area contributed by atoms with Gasteiger partial charge in [-0.15, -0.1) is 0 Å². The lowest BCUT2D eigenvalue weighted by molar-refractivity contribution is -0.123. The lowest BCUT2D eigenvalue weighted by Gasteiger charge is -2.22. The highest BCUT2D eigenvalue weighted by Crippen LogP contribution is 2.29. The molecular weight excluding hydrogens is 254 g/mol. The normalized spacial score (nSPS) is 22.5. The SMILES string of the molecule is CC(C)c1nc2cc(C3C(=O)NN=CC3C)ccc2o1. The first-order valence-corrected chi connectivity index (χ1v) is 6.79. The molecule has 2 heterocycles. The number of carbonyl (C=O) groups excluding carboxylic acids is 1. The Kier molecular flexibility index (Phi) is 3.04. The molecule has 1 N–H and O–H groups in total. The number of fused-ring (bicyclic) bond motifs is 1. The van der Waals surface area contributed by atoms with Gasteiger partial charge in [-0.3, -0.25) is 4.79 Å². The summed E-state index contributed by atoms with van der Waals surface area (Å²) in [5.74, 6) is 0.732. The number of rotatable bonds is 2. The number of aromatic nitrogens is 1. The number of nitrogens with one attached hydrogen (secondary N) is 1. The third-order valence-electron chi connectivity index (χ3n) is 3.57. The van der Waals surface area contributed by atoms with Gasteiger partial charge in [0.15, 0.2) is 11.5 Å². The Bertz CT molecular complexity index is 687. The predicted molar refractivity (Wildman–Crippen MR) is 76.6 cm³/mol. The van der Waals surface area contributed by atoms with Crippen LogP contribution < -0.4 is 5.43 Å². The van der Waals surface area contributed by atoms with E-state index in [4.69, 9.17) is 4.42 Å². The molecule has 0 spiro atoms. The minimum absolute atomic E-state index is 0.0673. The summed E-state index contributed by atoms with van der Waals surface area (Å²) in [5.41, 5.74) is 5.02. The monoisotopic (exact) mass is 271 g/mol. The molecule has 0 saturated heterocycles. The molecule has 0 bridgehead atoms. The van der Waals surface area contributed by atoms with Gasteiger partial charge < -0.3 is 4.42 Å². The van der Waals surface area contributed by atoms with Crippen molar-refractivity contribution in [2.24, 2.45) is 11.0 Å². The Morgan fingerprint density at radius 2 is 2.15 bits per heavy atom. The second-order valence-corrected chi connectivity index (χ2v) is 5.52. The van der Waals surface area contributed by atoms with Gasteiger partial charge in [0.05, 0.1) is 5.92 Å². The maximum absolute atomic E-state index is 12.0. The van der Waals surface area contributed by atoms with Gasteiger partial charge in [0.2, 0.25) is 5.91 Å². The molecule has 1 aliphatic heterocycles. The first-order valence-electron chi connectivity index (χ1n) is 6.79. The molecule has 0 radical (unpaired) electrons. The smallest absolute Gasteiger partial charge is 0.248 e. The van der Waals surface area contributed by atoms with Crippen molar-refractivity contribution >= 4 is 23.2 Å². The molecule has 3 rings (SSSR count). The van der Waals surface area contributed by atoms with Crippen molar-refractivity contribution in [3.05, 3.63) is 29.7 Å². The highest BCUT2D eigenvalue weighted by molar-refractivity contribution is 5.91. The van der Waals surface area contributed by atoms with Crippen molar-refractivity contribution in [2.75, 3.05) is 0 Å². The van der Waals surface area contributed by atoms with Crippen molar-refractivity contribution in [2.45, 2.75) is 32.6 Å². The first-order chi connectivity index (χ1) is 9.56. The lowest BCUT2D eigenvalue weighted by atomic mass is 9.86. The highest BCUT2D eigenvalue weighted by atomic mass is 16.3. The lowest BCUT2D eigenvalue weighted by Crippen LogP contribution is -2.34. The molecule has 2 atom stereocenters. The Labute approximate surface area is 117 Å². The molecule has 0 aliphatic carbocycles. The van der Waals surface area contributed by atoms with Crippen molar-refractivity contribution in [1.29, 1.82) is 0 Å². The Morgan fingerprint density at radius 3 is 2.85 bits per heavy atom. The minimum atomic E-state index is -0.226. The third kappa shape index (κ3) is 2.09. The van der Waals surface area contributed by atoms with E-state index in [0.717, 1.165) is 22.6 Å². The van der Waals surface area contributed by atoms with E-state index in [1.807, 2.05) is 39.0 Å². The van der Waals surface area contributed by atoms with Crippen molar-refractivity contribution in [3.63, 3.8) is 0 Å². The summed E-state index contributed by atoms with van der Waals surface area (Å²) < 4.78 is 5.69. The van der Waals surface area contributed by atoms with Gasteiger partial charge >= 0.3 is 0 Å². The summed E-state index contributed by atoms with van der Waals surface area (Å²) in [6, 6.07) is 5.75. The van der Waals surface area contributed by atoms with Gasteiger partial charge in [0, 0.05) is 18.1 Å². The fraction of sp³-hybridized carbons (Fsp3) is 0.400. The second-order valence-electron chi connectivity index (χ2n) is 5.52. The Morgan fingerprint density at radius 1 is 1.35 bits per heavy atom. The van der Waals surface area contributed by atoms with Gasteiger partial charge in [-0.25, -0.2) is 10.4 Å². The zero-order valence-corrected chi connectivity index (χ0v) is 11.8. The molecule has 1 aromatic heterocycles. The molecule has 0 saturated carbocycles. The average molecular weight is 271 g/mol. The minimum Gasteiger partial charge on any atom is -0.440 e. The number of nitrogens with zero attached hydrogens (tertiary/aromatic N) is 2. The molecule has 5 heteroatoms. The van der Waals surface area contributed by atoms with Crippen LogP contribution in [0.25, 0.3) is 11.1 Å². The fourth-order valence-electron chi connectivity index (χ4n) is 2.47. The highest BCUT2D eigenvalue weighted by Gasteiger charge is 2.29. The maximum atomic E-state index is 12.0. The molecule has 2 unspecified atom stereocenters. The van der Waals surface area contributed by atoms with Crippen LogP contribution in [0.4, 0.5) is 0 Å². The van der Waals surface area contributed by atoms with Crippen molar-refractivity contribution < 1.29 is 9.21 Å². The van der Waals surface area contributed by atoms with E-state index >= 15 is 0 Å². The van der Waals surface area contributed by atoms with Crippen molar-refractivity contribution in [3.8, 4) is 0 Å². The molecule has 20 heavy (non-hydrogen) atoms. The standard InChI is InChI=1S/C15H17N3O2/c1-8(2)15-17-11-6-10(4-5-12(11)20-15)13-9(3)7-16-18-14(13)19/h4-9,13H,1-3H3,(H,18,19). The van der Waals surface area contributed by atoms with Crippen LogP contribution in [0, 0.1) is 5.92 Å². The van der Waals surface area contributed by atoms with Gasteiger partial charge in [-0.1, -0.05) is 26.8 Å². The predicted octanol–water partition coefficient (Wildman–Crippen LogP) is 2.79. The fourth-order valence-corrected chi connectivity index (χ4v) is 2.47. The number of benzene rings is 1. The summed E-state index contributed by atoms with van der Waals surface area (Å²) >= 11 is 0. The summed E-state index contributed by atoms with van der Waals surface area (Å²) in [5, 5.41) is 3.85. The van der Waals surface area contributed by atoms with Crippen LogP contribution in [0.3, 0.4) is 0 Å². The number of amides is 1. The number of hydrogen-bond donors (Lipinski definition) is 1. The zero-order chi connectivity index (χ0) is 14.3. The second kappa shape index (κ2) is 4.74. The number of hydrazone groups is 1. The molecule has 1 aromatic carbocycles. The Balaban J connectivity index is 2.04. The number of carbonyl (C=O) groups is 1. The summed E-state index contributed by atoms with van der Waals surface area (Å²) in [6.45, 7) is 6.07. The summed E-state index contributed by atoms with van der Waals surface area (Å²) in [7, 11) is 0. The first kappa shape index (κ1) is 12.8. The van der Waals surface area contributed by atoms with Crippen LogP contribution in [0.15, 0.2) is 27.7 Å². The van der Waals surface area contributed by atoms with E-state index < -0.39 is 0 Å². The van der Waals surface area contributed by atoms with Crippen molar-refractivity contribution in [1.82, 2.24) is 10.4 Å². The van der Waals surface area contributed by atoms with Crippen LogP contribution in [-0.2, 0) is 4.79 Å². The van der Waals surface area contributed by atoms with Crippen LogP contribution >= 0.6 is 0 Å². The van der Waals surface area contributed by atoms with E-state index in [9.17, 15) is 4.79 Å². The third-order valence-corrected chi connectivity index (χ3v) is 3.57. The maximum Gasteiger partial charge on any atom is 0.248 e. The zero-order valence-electron chi connectivity index (χ0n) is 11.8. The molecule has 5 nitrogen and oxygen atoms in total. The van der Waals surface area contributed by atoms with E-state index in [1.54, 1.807) is 6.21 Å². The Hall–Kier alpha value is -2.17. The summed E-state index contributed by atoms with van der Waals surface area (Å²) in [4.78, 5) is 16.5. The number of hydrogen-bond acceptors (Lipinski definition) is 4. The van der Waals surface area contributed by atoms with Crippen LogP contribution in [0.2, 0.25) is 0 Å². The van der Waals surface area contributed by atoms with Crippen LogP contribution in [0.5, 0.6) is 0 Å². The quantitative estimate of drug-likeness (QED) is 0.913. The largest absolute Gasteiger partial charge is 0.440 e. The van der Waals surface area contributed by atoms with Gasteiger partial charge in [-0.2, -0.15) is 5.10 Å². The molecule has 104 valence electrons. The number of oxazole rings is 1.